The van der Waals surface area contributed by atoms with Crippen LogP contribution in [-0.2, 0) is 14.9 Å². The van der Waals surface area contributed by atoms with Crippen LogP contribution in [0.25, 0.3) is 0 Å². The summed E-state index contributed by atoms with van der Waals surface area (Å²) in [5, 5.41) is 0. The van der Waals surface area contributed by atoms with Crippen LogP contribution in [0.1, 0.15) is 25.8 Å². The summed E-state index contributed by atoms with van der Waals surface area (Å²) >= 11 is 0. The average Bonchev–Trinajstić information content (AvgIpc) is 2.48. The number of aldehydes is 1. The predicted octanol–water partition coefficient (Wildman–Crippen LogP) is 2.25. The normalized spacial score (nSPS) is 23.8. The Bertz CT molecular complexity index is 406. The summed E-state index contributed by atoms with van der Waals surface area (Å²) in [5.41, 5.74) is 0.654. The van der Waals surface area contributed by atoms with E-state index < -0.39 is 5.41 Å². The fourth-order valence-corrected chi connectivity index (χ4v) is 2.65. The van der Waals surface area contributed by atoms with E-state index in [9.17, 15) is 4.79 Å². The molecule has 0 N–H and O–H groups in total. The molecule has 1 aromatic rings. The van der Waals surface area contributed by atoms with Gasteiger partial charge < -0.3 is 9.53 Å². The molecule has 2 rings (SSSR count). The zero-order valence-electron chi connectivity index (χ0n) is 11.8. The second-order valence-corrected chi connectivity index (χ2v) is 5.54. The van der Waals surface area contributed by atoms with Crippen molar-refractivity contribution in [3.8, 4) is 0 Å². The largest absolute Gasteiger partial charge is 0.376 e. The molecule has 1 aliphatic heterocycles. The summed E-state index contributed by atoms with van der Waals surface area (Å²) < 4.78 is 5.68. The molecule has 2 unspecified atom stereocenters. The molecule has 2 atom stereocenters. The third kappa shape index (κ3) is 3.43. The number of morpholine rings is 1. The van der Waals surface area contributed by atoms with Crippen LogP contribution in [0.15, 0.2) is 30.3 Å². The van der Waals surface area contributed by atoms with E-state index in [4.69, 9.17) is 4.74 Å². The van der Waals surface area contributed by atoms with E-state index in [0.29, 0.717) is 6.10 Å². The zero-order valence-corrected chi connectivity index (χ0v) is 11.8. The minimum Gasteiger partial charge on any atom is -0.376 e. The van der Waals surface area contributed by atoms with Gasteiger partial charge in [0.15, 0.2) is 0 Å². The lowest BCUT2D eigenvalue weighted by Crippen LogP contribution is -2.48. The van der Waals surface area contributed by atoms with Gasteiger partial charge >= 0.3 is 0 Å². The zero-order chi connectivity index (χ0) is 13.7. The maximum atomic E-state index is 11.6. The Balaban J connectivity index is 2.08. The van der Waals surface area contributed by atoms with Crippen LogP contribution in [0, 0.1) is 0 Å². The maximum Gasteiger partial charge on any atom is 0.131 e. The van der Waals surface area contributed by atoms with Gasteiger partial charge in [-0.1, -0.05) is 37.3 Å². The van der Waals surface area contributed by atoms with Crippen LogP contribution in [0.2, 0.25) is 0 Å². The van der Waals surface area contributed by atoms with Crippen molar-refractivity contribution in [2.45, 2.75) is 31.8 Å². The van der Waals surface area contributed by atoms with Crippen molar-refractivity contribution >= 4 is 6.29 Å². The van der Waals surface area contributed by atoms with Crippen LogP contribution in [0.3, 0.4) is 0 Å². The fourth-order valence-electron chi connectivity index (χ4n) is 2.65. The van der Waals surface area contributed by atoms with Gasteiger partial charge in [0, 0.05) is 19.6 Å². The number of nitrogens with zero attached hydrogens (tertiary/aromatic N) is 1. The minimum absolute atomic E-state index is 0.306. The van der Waals surface area contributed by atoms with E-state index in [2.05, 4.69) is 11.8 Å². The monoisotopic (exact) mass is 261 g/mol. The highest BCUT2D eigenvalue weighted by Crippen LogP contribution is 2.24. The summed E-state index contributed by atoms with van der Waals surface area (Å²) in [7, 11) is 0. The molecule has 1 aromatic carbocycles. The summed E-state index contributed by atoms with van der Waals surface area (Å²) in [4.78, 5) is 13.9. The molecule has 19 heavy (non-hydrogen) atoms. The van der Waals surface area contributed by atoms with Crippen LogP contribution in [0.4, 0.5) is 0 Å². The summed E-state index contributed by atoms with van der Waals surface area (Å²) in [5.74, 6) is 0. The van der Waals surface area contributed by atoms with Crippen molar-refractivity contribution in [2.24, 2.45) is 0 Å². The third-order valence-corrected chi connectivity index (χ3v) is 3.92. The first-order valence-electron chi connectivity index (χ1n) is 7.04. The highest BCUT2D eigenvalue weighted by atomic mass is 16.5. The van der Waals surface area contributed by atoms with E-state index in [1.807, 2.05) is 37.3 Å². The lowest BCUT2D eigenvalue weighted by atomic mass is 9.83. The molecule has 1 aliphatic rings. The Hall–Kier alpha value is -1.19. The van der Waals surface area contributed by atoms with Gasteiger partial charge in [-0.2, -0.15) is 0 Å². The van der Waals surface area contributed by atoms with Gasteiger partial charge in [0.2, 0.25) is 0 Å². The molecule has 104 valence electrons. The van der Waals surface area contributed by atoms with Gasteiger partial charge in [-0.15, -0.1) is 0 Å². The molecule has 3 nitrogen and oxygen atoms in total. The molecule has 1 heterocycles. The Morgan fingerprint density at radius 2 is 2.16 bits per heavy atom. The highest BCUT2D eigenvalue weighted by molar-refractivity contribution is 5.68. The Morgan fingerprint density at radius 1 is 1.42 bits per heavy atom. The third-order valence-electron chi connectivity index (χ3n) is 3.92. The molecule has 0 spiro atoms. The van der Waals surface area contributed by atoms with Gasteiger partial charge in [-0.25, -0.2) is 0 Å². The molecule has 3 heteroatoms. The van der Waals surface area contributed by atoms with Crippen molar-refractivity contribution in [2.75, 3.05) is 26.2 Å². The predicted molar refractivity (Wildman–Crippen MR) is 76.3 cm³/mol. The van der Waals surface area contributed by atoms with Gasteiger partial charge in [0.05, 0.1) is 18.1 Å². The SMILES string of the molecule is CCC1CN(CC(C)(C=O)c2ccccc2)CCO1. The molecule has 0 bridgehead atoms. The molecular weight excluding hydrogens is 238 g/mol. The average molecular weight is 261 g/mol. The number of carbonyl (C=O) groups excluding carboxylic acids is 1. The molecule has 0 aromatic heterocycles. The first-order chi connectivity index (χ1) is 9.18. The topological polar surface area (TPSA) is 29.5 Å². The maximum absolute atomic E-state index is 11.6. The molecule has 1 fully saturated rings. The summed E-state index contributed by atoms with van der Waals surface area (Å²) in [6.45, 7) is 7.53. The second-order valence-electron chi connectivity index (χ2n) is 5.54. The number of rotatable bonds is 5. The highest BCUT2D eigenvalue weighted by Gasteiger charge is 2.31. The number of ether oxygens (including phenoxy) is 1. The van der Waals surface area contributed by atoms with Crippen molar-refractivity contribution < 1.29 is 9.53 Å². The van der Waals surface area contributed by atoms with Gasteiger partial charge in [0.1, 0.15) is 6.29 Å². The Kier molecular flexibility index (Phi) is 4.72. The summed E-state index contributed by atoms with van der Waals surface area (Å²) in [6.07, 6.45) is 2.42. The number of hydrogen-bond acceptors (Lipinski definition) is 3. The van der Waals surface area contributed by atoms with E-state index in [0.717, 1.165) is 44.5 Å². The van der Waals surface area contributed by atoms with Gasteiger partial charge in [0.25, 0.3) is 0 Å². The van der Waals surface area contributed by atoms with Crippen molar-refractivity contribution in [3.05, 3.63) is 35.9 Å². The Labute approximate surface area is 115 Å². The standard InChI is InChI=1S/C16H23NO2/c1-3-15-11-17(9-10-19-15)12-16(2,13-18)14-7-5-4-6-8-14/h4-8,13,15H,3,9-12H2,1-2H3. The molecule has 0 aliphatic carbocycles. The smallest absolute Gasteiger partial charge is 0.131 e. The van der Waals surface area contributed by atoms with Crippen LogP contribution >= 0.6 is 0 Å². The van der Waals surface area contributed by atoms with E-state index in [1.54, 1.807) is 0 Å². The van der Waals surface area contributed by atoms with Crippen LogP contribution in [-0.4, -0.2) is 43.5 Å². The van der Waals surface area contributed by atoms with Crippen molar-refractivity contribution in [3.63, 3.8) is 0 Å². The quantitative estimate of drug-likeness (QED) is 0.761. The lowest BCUT2D eigenvalue weighted by molar-refractivity contribution is -0.113. The Morgan fingerprint density at radius 3 is 2.79 bits per heavy atom. The second kappa shape index (κ2) is 6.31. The van der Waals surface area contributed by atoms with Crippen molar-refractivity contribution in [1.82, 2.24) is 4.90 Å². The van der Waals surface area contributed by atoms with E-state index >= 15 is 0 Å². The van der Waals surface area contributed by atoms with E-state index in [-0.39, 0.29) is 0 Å². The summed E-state index contributed by atoms with van der Waals surface area (Å²) in [6, 6.07) is 10.0. The number of carbonyl (C=O) groups is 1. The van der Waals surface area contributed by atoms with Gasteiger partial charge in [-0.05, 0) is 18.9 Å². The first kappa shape index (κ1) is 14.2. The van der Waals surface area contributed by atoms with Crippen LogP contribution < -0.4 is 0 Å². The number of benzene rings is 1. The minimum atomic E-state index is -0.434. The first-order valence-corrected chi connectivity index (χ1v) is 7.04. The molecule has 0 saturated carbocycles. The van der Waals surface area contributed by atoms with E-state index in [1.165, 1.54) is 0 Å². The lowest BCUT2D eigenvalue weighted by Gasteiger charge is -2.37. The van der Waals surface area contributed by atoms with Crippen molar-refractivity contribution in [1.29, 1.82) is 0 Å². The fraction of sp³-hybridized carbons (Fsp3) is 0.562. The van der Waals surface area contributed by atoms with Gasteiger partial charge in [-0.3, -0.25) is 4.90 Å². The van der Waals surface area contributed by atoms with Crippen LogP contribution in [0.5, 0.6) is 0 Å². The molecule has 0 radical (unpaired) electrons. The molecule has 0 amide bonds. The molecular formula is C16H23NO2. The molecule has 1 saturated heterocycles. The number of hydrogen-bond donors (Lipinski definition) is 0.